The normalized spacial score (nSPS) is 17.1. The summed E-state index contributed by atoms with van der Waals surface area (Å²) in [4.78, 5) is 0. The van der Waals surface area contributed by atoms with Crippen molar-refractivity contribution in [3.8, 4) is 0 Å². The maximum absolute atomic E-state index is 5.76. The molecule has 0 amide bonds. The van der Waals surface area contributed by atoms with E-state index in [1.165, 1.54) is 63.2 Å². The summed E-state index contributed by atoms with van der Waals surface area (Å²) in [5.74, 6) is 0. The quantitative estimate of drug-likeness (QED) is 0.471. The second-order valence-corrected chi connectivity index (χ2v) is 11.1. The molecule has 0 atom stereocenters. The Hall–Kier alpha value is 0.830. The van der Waals surface area contributed by atoms with Crippen LogP contribution in [0.25, 0.3) is 0 Å². The van der Waals surface area contributed by atoms with Crippen LogP contribution in [0, 0.1) is 0 Å². The molecule has 0 aromatic heterocycles. The van der Waals surface area contributed by atoms with Crippen LogP contribution in [0.2, 0.25) is 0 Å². The van der Waals surface area contributed by atoms with Gasteiger partial charge >= 0.3 is 120 Å². The average molecular weight is 371 g/mol. The van der Waals surface area contributed by atoms with Crippen LogP contribution < -0.4 is 0 Å². The molecule has 1 rings (SSSR count). The Labute approximate surface area is 137 Å². The maximum atomic E-state index is 5.76. The summed E-state index contributed by atoms with van der Waals surface area (Å²) >= 11 is 0. The molecule has 1 aliphatic rings. The Morgan fingerprint density at radius 2 is 1.20 bits per heavy atom. The third kappa shape index (κ3) is 7.73. The molecule has 1 saturated heterocycles. The van der Waals surface area contributed by atoms with Gasteiger partial charge in [-0.3, -0.25) is 0 Å². The van der Waals surface area contributed by atoms with Gasteiger partial charge in [0.05, 0.1) is 0 Å². The predicted molar refractivity (Wildman–Crippen MR) is 98.5 cm³/mol. The zero-order valence-corrected chi connectivity index (χ0v) is 16.5. The SMILES string of the molecule is Br.CCCC[PH](CCCC)(CCCC)CC1OCCO1. The number of rotatable bonds is 11. The molecule has 124 valence electrons. The van der Waals surface area contributed by atoms with E-state index in [1.807, 2.05) is 0 Å². The van der Waals surface area contributed by atoms with Gasteiger partial charge in [0.2, 0.25) is 0 Å². The van der Waals surface area contributed by atoms with Crippen LogP contribution in [-0.4, -0.2) is 44.2 Å². The van der Waals surface area contributed by atoms with Crippen molar-refractivity contribution in [1.29, 1.82) is 0 Å². The summed E-state index contributed by atoms with van der Waals surface area (Å²) in [5.41, 5.74) is 0. The van der Waals surface area contributed by atoms with E-state index in [0.717, 1.165) is 13.2 Å². The van der Waals surface area contributed by atoms with Crippen LogP contribution >= 0.6 is 24.2 Å². The van der Waals surface area contributed by atoms with E-state index in [9.17, 15) is 0 Å². The summed E-state index contributed by atoms with van der Waals surface area (Å²) in [6, 6.07) is 0. The van der Waals surface area contributed by atoms with Gasteiger partial charge in [0.25, 0.3) is 0 Å². The average Bonchev–Trinajstić information content (AvgIpc) is 2.93. The summed E-state index contributed by atoms with van der Waals surface area (Å²) in [6.07, 6.45) is 14.1. The Morgan fingerprint density at radius 3 is 1.55 bits per heavy atom. The van der Waals surface area contributed by atoms with Crippen molar-refractivity contribution in [3.63, 3.8) is 0 Å². The van der Waals surface area contributed by atoms with Crippen molar-refractivity contribution >= 4 is 24.2 Å². The zero-order chi connectivity index (χ0) is 14.0. The minimum absolute atomic E-state index is 0. The Balaban J connectivity index is 0.00000361. The molecule has 1 fully saturated rings. The van der Waals surface area contributed by atoms with Crippen molar-refractivity contribution in [3.05, 3.63) is 0 Å². The van der Waals surface area contributed by atoms with Crippen LogP contribution in [0.15, 0.2) is 0 Å². The first kappa shape index (κ1) is 20.8. The zero-order valence-electron chi connectivity index (χ0n) is 13.8. The molecular formula is C16H36BrO2P. The number of halogens is 1. The van der Waals surface area contributed by atoms with Crippen LogP contribution in [0.3, 0.4) is 0 Å². The fraction of sp³-hybridized carbons (Fsp3) is 1.00. The topological polar surface area (TPSA) is 18.5 Å². The van der Waals surface area contributed by atoms with Gasteiger partial charge in [-0.1, -0.05) is 0 Å². The van der Waals surface area contributed by atoms with Crippen molar-refractivity contribution in [2.75, 3.05) is 37.9 Å². The van der Waals surface area contributed by atoms with E-state index in [-0.39, 0.29) is 23.3 Å². The molecule has 0 N–H and O–H groups in total. The molecule has 0 aliphatic carbocycles. The van der Waals surface area contributed by atoms with Gasteiger partial charge in [0.15, 0.2) is 0 Å². The van der Waals surface area contributed by atoms with Gasteiger partial charge in [0.1, 0.15) is 0 Å². The van der Waals surface area contributed by atoms with Crippen LogP contribution in [0.5, 0.6) is 0 Å². The van der Waals surface area contributed by atoms with E-state index < -0.39 is 7.26 Å². The number of unbranched alkanes of at least 4 members (excludes halogenated alkanes) is 3. The molecule has 1 aliphatic heterocycles. The van der Waals surface area contributed by atoms with E-state index in [4.69, 9.17) is 9.47 Å². The molecule has 0 spiro atoms. The van der Waals surface area contributed by atoms with Gasteiger partial charge in [-0.25, -0.2) is 0 Å². The van der Waals surface area contributed by atoms with E-state index in [2.05, 4.69) is 20.8 Å². The van der Waals surface area contributed by atoms with Gasteiger partial charge in [-0.2, -0.15) is 0 Å². The molecule has 1 heterocycles. The standard InChI is InChI=1S/C16H35O2P.BrH/c1-4-7-12-19(13-8-5-2,14-9-6-3)15-16-17-10-11-18-16;/h16,19H,4-15H2,1-3H3;1H. The second kappa shape index (κ2) is 12.4. The number of hydrogen-bond donors (Lipinski definition) is 0. The molecule has 20 heavy (non-hydrogen) atoms. The summed E-state index contributed by atoms with van der Waals surface area (Å²) < 4.78 is 11.5. The Kier molecular flexibility index (Phi) is 12.9. The fourth-order valence-corrected chi connectivity index (χ4v) is 8.83. The van der Waals surface area contributed by atoms with Crippen molar-refractivity contribution < 1.29 is 9.47 Å². The van der Waals surface area contributed by atoms with Gasteiger partial charge in [-0.05, 0) is 0 Å². The van der Waals surface area contributed by atoms with Crippen molar-refractivity contribution in [2.45, 2.75) is 65.6 Å². The first-order chi connectivity index (χ1) is 9.26. The molecule has 2 nitrogen and oxygen atoms in total. The van der Waals surface area contributed by atoms with E-state index in [1.54, 1.807) is 0 Å². The van der Waals surface area contributed by atoms with E-state index >= 15 is 0 Å². The van der Waals surface area contributed by atoms with Crippen molar-refractivity contribution in [2.24, 2.45) is 0 Å². The summed E-state index contributed by atoms with van der Waals surface area (Å²) in [7, 11) is -1.17. The Morgan fingerprint density at radius 1 is 0.800 bits per heavy atom. The molecule has 0 saturated carbocycles. The molecule has 4 heteroatoms. The molecule has 0 unspecified atom stereocenters. The van der Waals surface area contributed by atoms with Crippen LogP contribution in [0.1, 0.15) is 59.3 Å². The van der Waals surface area contributed by atoms with Crippen molar-refractivity contribution in [1.82, 2.24) is 0 Å². The second-order valence-electron chi connectivity index (χ2n) is 6.19. The monoisotopic (exact) mass is 370 g/mol. The van der Waals surface area contributed by atoms with E-state index in [0.29, 0.717) is 0 Å². The third-order valence-corrected chi connectivity index (χ3v) is 9.91. The van der Waals surface area contributed by atoms with Crippen LogP contribution in [0.4, 0.5) is 0 Å². The predicted octanol–water partition coefficient (Wildman–Crippen LogP) is 5.09. The molecule has 0 aromatic rings. The number of ether oxygens (including phenoxy) is 2. The van der Waals surface area contributed by atoms with Gasteiger partial charge in [-0.15, -0.1) is 17.0 Å². The van der Waals surface area contributed by atoms with Gasteiger partial charge in [0, 0.05) is 0 Å². The minimum atomic E-state index is -1.17. The molecular weight excluding hydrogens is 335 g/mol. The van der Waals surface area contributed by atoms with Gasteiger partial charge < -0.3 is 0 Å². The summed E-state index contributed by atoms with van der Waals surface area (Å²) in [6.45, 7) is 8.58. The molecule has 0 radical (unpaired) electrons. The number of hydrogen-bond acceptors (Lipinski definition) is 2. The van der Waals surface area contributed by atoms with Crippen LogP contribution in [-0.2, 0) is 9.47 Å². The summed E-state index contributed by atoms with van der Waals surface area (Å²) in [5, 5.41) is 0. The first-order valence-electron chi connectivity index (χ1n) is 8.49. The first-order valence-corrected chi connectivity index (χ1v) is 11.3. The molecule has 0 bridgehead atoms. The Bertz CT molecular complexity index is 199. The molecule has 0 aromatic carbocycles. The third-order valence-electron chi connectivity index (χ3n) is 4.47. The fourth-order valence-electron chi connectivity index (χ4n) is 3.22.